The van der Waals surface area contributed by atoms with Crippen molar-refractivity contribution in [2.75, 3.05) is 0 Å². The van der Waals surface area contributed by atoms with Crippen LogP contribution in [0.1, 0.15) is 7.85 Å². The summed E-state index contributed by atoms with van der Waals surface area (Å²) >= 11 is 0. The van der Waals surface area contributed by atoms with E-state index >= 15 is 0 Å². The second-order valence-corrected chi connectivity index (χ2v) is 1.00. The van der Waals surface area contributed by atoms with Crippen LogP contribution in [0.15, 0.2) is 18.2 Å². The van der Waals surface area contributed by atoms with Gasteiger partial charge in [-0.2, -0.15) is 6.08 Å². The Bertz CT molecular complexity index is 70.5. The summed E-state index contributed by atoms with van der Waals surface area (Å²) in [5, 5.41) is 0. The Morgan fingerprint density at radius 1 is 1.57 bits per heavy atom. The summed E-state index contributed by atoms with van der Waals surface area (Å²) in [6, 6.07) is 0. The van der Waals surface area contributed by atoms with Crippen LogP contribution in [0.5, 0.6) is 0 Å². The molecule has 2 heteroatoms. The van der Waals surface area contributed by atoms with Crippen LogP contribution in [-0.2, 0) is 0 Å². The monoisotopic (exact) mass is 107 g/mol. The van der Waals surface area contributed by atoms with E-state index in [0.29, 0.717) is 0 Å². The van der Waals surface area contributed by atoms with Gasteiger partial charge in [-0.15, -0.1) is 6.42 Å². The summed E-state index contributed by atoms with van der Waals surface area (Å²) in [7, 11) is 0. The molecule has 0 spiro atoms. The van der Waals surface area contributed by atoms with Gasteiger partial charge in [0.25, 0.3) is 0 Å². The fourth-order valence-electron chi connectivity index (χ4n) is 0.340. The standard InChI is InChI=1S/C5H5.Mg.H3N.H/c1-2-4-5-3-1;;;/h1-3H,4H2;;1H3;/q-1;+2;;-1. The SMILES string of the molecule is N.[C-]1=CC=CC1.[H-].[Mg+2]. The van der Waals surface area contributed by atoms with Crippen molar-refractivity contribution in [1.29, 1.82) is 0 Å². The van der Waals surface area contributed by atoms with E-state index in [1.807, 2.05) is 12.2 Å². The molecule has 0 aromatic carbocycles. The van der Waals surface area contributed by atoms with E-state index in [4.69, 9.17) is 0 Å². The molecule has 1 nitrogen and oxygen atoms in total. The zero-order valence-electron chi connectivity index (χ0n) is 5.35. The van der Waals surface area contributed by atoms with Crippen LogP contribution in [0.4, 0.5) is 0 Å². The molecule has 0 aromatic heterocycles. The molecule has 0 fully saturated rings. The second kappa shape index (κ2) is 6.21. The predicted octanol–water partition coefficient (Wildman–Crippen LogP) is 1.20. The van der Waals surface area contributed by atoms with Crippen molar-refractivity contribution in [3.63, 3.8) is 0 Å². The Morgan fingerprint density at radius 2 is 2.29 bits per heavy atom. The molecule has 0 radical (unpaired) electrons. The van der Waals surface area contributed by atoms with Gasteiger partial charge in [-0.05, 0) is 0 Å². The number of rotatable bonds is 0. The number of allylic oxidation sites excluding steroid dienone is 4. The Hall–Kier alpha value is 0.206. The van der Waals surface area contributed by atoms with E-state index in [1.165, 1.54) is 0 Å². The average molecular weight is 107 g/mol. The predicted molar refractivity (Wildman–Crippen MR) is 33.5 cm³/mol. The van der Waals surface area contributed by atoms with Crippen LogP contribution >= 0.6 is 0 Å². The Kier molecular flexibility index (Phi) is 9.08. The van der Waals surface area contributed by atoms with Crippen molar-refractivity contribution >= 4 is 23.1 Å². The minimum atomic E-state index is 0. The molecule has 0 saturated carbocycles. The zero-order chi connectivity index (χ0) is 3.54. The molecular weight excluding hydrogens is 98.4 g/mol. The van der Waals surface area contributed by atoms with Crippen LogP contribution in [-0.4, -0.2) is 23.1 Å². The maximum absolute atomic E-state index is 2.99. The minimum absolute atomic E-state index is 0. The third kappa shape index (κ3) is 4.05. The zero-order valence-corrected chi connectivity index (χ0v) is 5.77. The largest absolute Gasteiger partial charge is 2.00 e. The first kappa shape index (κ1) is 10.2. The first-order valence-electron chi connectivity index (χ1n) is 1.72. The van der Waals surface area contributed by atoms with Gasteiger partial charge in [-0.3, -0.25) is 6.08 Å². The Morgan fingerprint density at radius 3 is 2.43 bits per heavy atom. The van der Waals surface area contributed by atoms with Crippen molar-refractivity contribution < 1.29 is 1.43 Å². The van der Waals surface area contributed by atoms with Gasteiger partial charge in [-0.25, -0.2) is 12.2 Å². The molecule has 3 N–H and O–H groups in total. The fourth-order valence-corrected chi connectivity index (χ4v) is 0.340. The molecule has 0 atom stereocenters. The molecule has 1 rings (SSSR count). The molecule has 0 heterocycles. The first-order chi connectivity index (χ1) is 2.50. The summed E-state index contributed by atoms with van der Waals surface area (Å²) in [6.45, 7) is 0. The smallest absolute Gasteiger partial charge is 1.00 e. The quantitative estimate of drug-likeness (QED) is 0.366. The topological polar surface area (TPSA) is 35.0 Å². The van der Waals surface area contributed by atoms with Gasteiger partial charge in [0.1, 0.15) is 0 Å². The molecule has 0 bridgehead atoms. The van der Waals surface area contributed by atoms with Crippen molar-refractivity contribution in [2.24, 2.45) is 0 Å². The van der Waals surface area contributed by atoms with E-state index in [-0.39, 0.29) is 30.6 Å². The molecule has 0 aromatic rings. The summed E-state index contributed by atoms with van der Waals surface area (Å²) in [5.41, 5.74) is 0. The van der Waals surface area contributed by atoms with E-state index in [2.05, 4.69) is 12.2 Å². The van der Waals surface area contributed by atoms with E-state index in [1.54, 1.807) is 0 Å². The van der Waals surface area contributed by atoms with Crippen LogP contribution in [0, 0.1) is 6.08 Å². The summed E-state index contributed by atoms with van der Waals surface area (Å²) < 4.78 is 0. The van der Waals surface area contributed by atoms with E-state index < -0.39 is 0 Å². The van der Waals surface area contributed by atoms with Gasteiger partial charge in [0, 0.05) is 0 Å². The first-order valence-corrected chi connectivity index (χ1v) is 1.72. The van der Waals surface area contributed by atoms with Gasteiger partial charge in [0.2, 0.25) is 0 Å². The molecular formula is C5H9MgN. The molecule has 0 unspecified atom stereocenters. The fraction of sp³-hybridized carbons (Fsp3) is 0.200. The van der Waals surface area contributed by atoms with Crippen LogP contribution in [0.3, 0.4) is 0 Å². The van der Waals surface area contributed by atoms with Crippen LogP contribution in [0.2, 0.25) is 0 Å². The average Bonchev–Trinajstić information content (AvgIpc) is 1.76. The maximum atomic E-state index is 2.99. The summed E-state index contributed by atoms with van der Waals surface area (Å²) in [6.07, 6.45) is 10.0. The van der Waals surface area contributed by atoms with Crippen molar-refractivity contribution in [2.45, 2.75) is 6.42 Å². The molecule has 1 aliphatic carbocycles. The summed E-state index contributed by atoms with van der Waals surface area (Å²) in [4.78, 5) is 0. The van der Waals surface area contributed by atoms with Crippen molar-refractivity contribution in [3.8, 4) is 0 Å². The minimum Gasteiger partial charge on any atom is -1.00 e. The van der Waals surface area contributed by atoms with Gasteiger partial charge >= 0.3 is 23.1 Å². The van der Waals surface area contributed by atoms with Crippen molar-refractivity contribution in [1.82, 2.24) is 6.15 Å². The van der Waals surface area contributed by atoms with Crippen molar-refractivity contribution in [3.05, 3.63) is 24.3 Å². The maximum Gasteiger partial charge on any atom is 2.00 e. The van der Waals surface area contributed by atoms with Gasteiger partial charge in [-0.1, -0.05) is 0 Å². The Labute approximate surface area is 61.7 Å². The van der Waals surface area contributed by atoms with E-state index in [0.717, 1.165) is 6.42 Å². The van der Waals surface area contributed by atoms with Gasteiger partial charge in [0.15, 0.2) is 0 Å². The molecule has 0 amide bonds. The summed E-state index contributed by atoms with van der Waals surface area (Å²) in [5.74, 6) is 0. The molecule has 0 saturated heterocycles. The van der Waals surface area contributed by atoms with E-state index in [9.17, 15) is 0 Å². The van der Waals surface area contributed by atoms with Gasteiger partial charge < -0.3 is 7.58 Å². The number of hydrogen-bond donors (Lipinski definition) is 1. The molecule has 1 aliphatic rings. The molecule has 0 aliphatic heterocycles. The number of hydrogen-bond acceptors (Lipinski definition) is 1. The third-order valence-electron chi connectivity index (χ3n) is 0.586. The third-order valence-corrected chi connectivity index (χ3v) is 0.586. The second-order valence-electron chi connectivity index (χ2n) is 1.00. The van der Waals surface area contributed by atoms with Gasteiger partial charge in [0.05, 0.1) is 0 Å². The molecule has 7 heavy (non-hydrogen) atoms. The normalized spacial score (nSPS) is 12.6. The van der Waals surface area contributed by atoms with Crippen LogP contribution < -0.4 is 6.15 Å². The Balaban J connectivity index is -0.0000000833. The molecule has 36 valence electrons. The van der Waals surface area contributed by atoms with Crippen LogP contribution in [0.25, 0.3) is 0 Å².